The molecular formula is C18H18N6O2. The average Bonchev–Trinajstić information content (AvgIpc) is 3.09. The van der Waals surface area contributed by atoms with Crippen LogP contribution < -0.4 is 10.1 Å². The normalized spacial score (nSPS) is 13.1. The van der Waals surface area contributed by atoms with Gasteiger partial charge in [-0.25, -0.2) is 4.98 Å². The van der Waals surface area contributed by atoms with Gasteiger partial charge in [-0.2, -0.15) is 10.4 Å². The van der Waals surface area contributed by atoms with Crippen LogP contribution in [0.15, 0.2) is 18.2 Å². The summed E-state index contributed by atoms with van der Waals surface area (Å²) in [6, 6.07) is 7.30. The summed E-state index contributed by atoms with van der Waals surface area (Å²) < 4.78 is 9.37. The third-order valence-electron chi connectivity index (χ3n) is 4.38. The molecule has 8 nitrogen and oxygen atoms in total. The fraction of sp³-hybridized carbons (Fsp3) is 0.333. The zero-order valence-corrected chi connectivity index (χ0v) is 14.6. The molecule has 1 aromatic carbocycles. The number of carbonyl (C=O) groups excluding carboxylic acids is 1. The van der Waals surface area contributed by atoms with Crippen LogP contribution in [-0.2, 0) is 13.1 Å². The maximum absolute atomic E-state index is 12.8. The number of imidazole rings is 1. The fourth-order valence-corrected chi connectivity index (χ4v) is 3.26. The second-order valence-corrected chi connectivity index (χ2v) is 6.18. The molecule has 132 valence electrons. The SMILES string of the molecule is CCn1nc(C)cc1C(=O)Nc1nc2cc(C#N)cc3c2n1CCCO3. The van der Waals surface area contributed by atoms with Crippen LogP contribution in [0.2, 0.25) is 0 Å². The molecule has 0 saturated carbocycles. The number of benzene rings is 1. The summed E-state index contributed by atoms with van der Waals surface area (Å²) in [6.45, 7) is 5.64. The third-order valence-corrected chi connectivity index (χ3v) is 4.38. The van der Waals surface area contributed by atoms with Crippen LogP contribution in [0.5, 0.6) is 5.75 Å². The van der Waals surface area contributed by atoms with E-state index in [2.05, 4.69) is 21.5 Å². The second kappa shape index (κ2) is 6.19. The second-order valence-electron chi connectivity index (χ2n) is 6.18. The Labute approximate surface area is 150 Å². The summed E-state index contributed by atoms with van der Waals surface area (Å²) in [5.41, 5.74) is 3.20. The Morgan fingerprint density at radius 2 is 2.27 bits per heavy atom. The van der Waals surface area contributed by atoms with Crippen molar-refractivity contribution in [3.63, 3.8) is 0 Å². The number of carbonyl (C=O) groups is 1. The lowest BCUT2D eigenvalue weighted by Gasteiger charge is -2.09. The summed E-state index contributed by atoms with van der Waals surface area (Å²) >= 11 is 0. The first-order chi connectivity index (χ1) is 12.6. The number of aryl methyl sites for hydroxylation is 3. The standard InChI is InChI=1S/C18H18N6O2/c1-3-24-14(7-11(2)22-24)17(25)21-18-20-13-8-12(10-19)9-15-16(13)23(18)5-4-6-26-15/h7-9H,3-6H2,1-2H3,(H,20,21,25). The van der Waals surface area contributed by atoms with E-state index >= 15 is 0 Å². The number of anilines is 1. The minimum atomic E-state index is -0.258. The third kappa shape index (κ3) is 2.58. The van der Waals surface area contributed by atoms with Gasteiger partial charge in [0, 0.05) is 19.2 Å². The zero-order chi connectivity index (χ0) is 18.3. The van der Waals surface area contributed by atoms with Gasteiger partial charge >= 0.3 is 0 Å². The molecule has 2 aromatic heterocycles. The van der Waals surface area contributed by atoms with Crippen LogP contribution in [-0.4, -0.2) is 31.8 Å². The highest BCUT2D eigenvalue weighted by atomic mass is 16.5. The van der Waals surface area contributed by atoms with Crippen molar-refractivity contribution in [3.8, 4) is 11.8 Å². The molecule has 0 aliphatic carbocycles. The van der Waals surface area contributed by atoms with Gasteiger partial charge in [0.25, 0.3) is 5.91 Å². The first kappa shape index (κ1) is 16.1. The molecule has 0 spiro atoms. The minimum absolute atomic E-state index is 0.258. The van der Waals surface area contributed by atoms with Crippen molar-refractivity contribution < 1.29 is 9.53 Å². The maximum Gasteiger partial charge on any atom is 0.276 e. The molecule has 3 heterocycles. The molecule has 0 atom stereocenters. The predicted octanol–water partition coefficient (Wildman–Crippen LogP) is 2.47. The van der Waals surface area contributed by atoms with E-state index in [0.29, 0.717) is 48.2 Å². The van der Waals surface area contributed by atoms with Crippen molar-refractivity contribution in [2.75, 3.05) is 11.9 Å². The first-order valence-corrected chi connectivity index (χ1v) is 8.53. The van der Waals surface area contributed by atoms with Gasteiger partial charge in [0.15, 0.2) is 0 Å². The lowest BCUT2D eigenvalue weighted by molar-refractivity contribution is 0.101. The maximum atomic E-state index is 12.8. The van der Waals surface area contributed by atoms with Crippen molar-refractivity contribution in [2.45, 2.75) is 33.4 Å². The number of nitriles is 1. The van der Waals surface area contributed by atoms with Gasteiger partial charge in [-0.1, -0.05) is 0 Å². The average molecular weight is 350 g/mol. The molecule has 0 unspecified atom stereocenters. The highest BCUT2D eigenvalue weighted by molar-refractivity contribution is 6.03. The van der Waals surface area contributed by atoms with Gasteiger partial charge in [0.1, 0.15) is 17.0 Å². The molecule has 0 saturated heterocycles. The molecule has 1 aliphatic heterocycles. The van der Waals surface area contributed by atoms with Crippen LogP contribution >= 0.6 is 0 Å². The van der Waals surface area contributed by atoms with Crippen molar-refractivity contribution in [2.24, 2.45) is 0 Å². The first-order valence-electron chi connectivity index (χ1n) is 8.53. The molecule has 4 rings (SSSR count). The molecule has 1 amide bonds. The lowest BCUT2D eigenvalue weighted by atomic mass is 10.2. The molecule has 3 aromatic rings. The smallest absolute Gasteiger partial charge is 0.276 e. The minimum Gasteiger partial charge on any atom is -0.491 e. The number of amides is 1. The van der Waals surface area contributed by atoms with E-state index < -0.39 is 0 Å². The van der Waals surface area contributed by atoms with E-state index in [1.807, 2.05) is 18.4 Å². The number of hydrogen-bond donors (Lipinski definition) is 1. The van der Waals surface area contributed by atoms with Crippen molar-refractivity contribution >= 4 is 22.9 Å². The van der Waals surface area contributed by atoms with Crippen molar-refractivity contribution in [3.05, 3.63) is 35.2 Å². The van der Waals surface area contributed by atoms with Crippen LogP contribution in [0.4, 0.5) is 5.95 Å². The van der Waals surface area contributed by atoms with Gasteiger partial charge < -0.3 is 9.30 Å². The monoisotopic (exact) mass is 350 g/mol. The molecule has 0 radical (unpaired) electrons. The van der Waals surface area contributed by atoms with Crippen LogP contribution in [0.3, 0.4) is 0 Å². The molecule has 1 N–H and O–H groups in total. The van der Waals surface area contributed by atoms with Crippen LogP contribution in [0, 0.1) is 18.3 Å². The van der Waals surface area contributed by atoms with Crippen LogP contribution in [0.25, 0.3) is 11.0 Å². The molecule has 26 heavy (non-hydrogen) atoms. The van der Waals surface area contributed by atoms with Crippen LogP contribution in [0.1, 0.15) is 35.1 Å². The molecule has 1 aliphatic rings. The predicted molar refractivity (Wildman–Crippen MR) is 95.2 cm³/mol. The number of ether oxygens (including phenoxy) is 1. The van der Waals surface area contributed by atoms with E-state index in [4.69, 9.17) is 4.74 Å². The van der Waals surface area contributed by atoms with E-state index in [1.54, 1.807) is 22.9 Å². The summed E-state index contributed by atoms with van der Waals surface area (Å²) in [6.07, 6.45) is 0.789. The summed E-state index contributed by atoms with van der Waals surface area (Å²) in [4.78, 5) is 17.3. The Kier molecular flexibility index (Phi) is 3.84. The highest BCUT2D eigenvalue weighted by Gasteiger charge is 2.22. The number of hydrogen-bond acceptors (Lipinski definition) is 5. The summed E-state index contributed by atoms with van der Waals surface area (Å²) in [5.74, 6) is 0.818. The zero-order valence-electron chi connectivity index (χ0n) is 14.6. The van der Waals surface area contributed by atoms with Gasteiger partial charge in [-0.05, 0) is 32.4 Å². The Bertz CT molecular complexity index is 1060. The Morgan fingerprint density at radius 1 is 1.42 bits per heavy atom. The summed E-state index contributed by atoms with van der Waals surface area (Å²) in [5, 5.41) is 16.4. The molecular weight excluding hydrogens is 332 g/mol. The fourth-order valence-electron chi connectivity index (χ4n) is 3.26. The quantitative estimate of drug-likeness (QED) is 0.782. The Hall–Kier alpha value is -3.34. The highest BCUT2D eigenvalue weighted by Crippen LogP contribution is 2.32. The number of nitrogens with zero attached hydrogens (tertiary/aromatic N) is 5. The van der Waals surface area contributed by atoms with Gasteiger partial charge in [0.05, 0.1) is 29.5 Å². The Morgan fingerprint density at radius 3 is 3.04 bits per heavy atom. The number of aromatic nitrogens is 4. The largest absolute Gasteiger partial charge is 0.491 e. The summed E-state index contributed by atoms with van der Waals surface area (Å²) in [7, 11) is 0. The molecule has 0 fully saturated rings. The van der Waals surface area contributed by atoms with E-state index in [1.165, 1.54) is 0 Å². The molecule has 8 heteroatoms. The topological polar surface area (TPSA) is 97.8 Å². The van der Waals surface area contributed by atoms with E-state index in [0.717, 1.165) is 17.6 Å². The van der Waals surface area contributed by atoms with Gasteiger partial charge in [-0.15, -0.1) is 0 Å². The van der Waals surface area contributed by atoms with Gasteiger partial charge in [-0.3, -0.25) is 14.8 Å². The Balaban J connectivity index is 1.78. The van der Waals surface area contributed by atoms with Crippen molar-refractivity contribution in [1.82, 2.24) is 19.3 Å². The number of nitrogens with one attached hydrogen (secondary N) is 1. The van der Waals surface area contributed by atoms with E-state index in [9.17, 15) is 10.1 Å². The van der Waals surface area contributed by atoms with Crippen molar-refractivity contribution in [1.29, 1.82) is 5.26 Å². The van der Waals surface area contributed by atoms with E-state index in [-0.39, 0.29) is 5.91 Å². The number of rotatable bonds is 3. The molecule has 0 bridgehead atoms. The lowest BCUT2D eigenvalue weighted by Crippen LogP contribution is -2.20. The van der Waals surface area contributed by atoms with Gasteiger partial charge in [0.2, 0.25) is 5.95 Å².